The highest BCUT2D eigenvalue weighted by atomic mass is 15.5. The summed E-state index contributed by atoms with van der Waals surface area (Å²) < 4.78 is 1.84. The summed E-state index contributed by atoms with van der Waals surface area (Å²) in [7, 11) is 0. The van der Waals surface area contributed by atoms with Crippen LogP contribution in [0.15, 0.2) is 66.9 Å². The van der Waals surface area contributed by atoms with Crippen LogP contribution in [-0.2, 0) is 0 Å². The number of rotatable bonds is 5. The Labute approximate surface area is 172 Å². The second kappa shape index (κ2) is 6.77. The number of anilines is 2. The van der Waals surface area contributed by atoms with Gasteiger partial charge in [-0.25, -0.2) is 4.98 Å². The SMILES string of the molecule is c1ccc(-c2nn[nH]n2)c(-c2ccc(Nc3cc(C4CC4)nc4ccnn34)cc2)c1. The molecule has 1 saturated carbocycles. The van der Waals surface area contributed by atoms with Gasteiger partial charge >= 0.3 is 0 Å². The zero-order valence-corrected chi connectivity index (χ0v) is 16.0. The second-order valence-electron chi connectivity index (χ2n) is 7.43. The zero-order chi connectivity index (χ0) is 19.9. The summed E-state index contributed by atoms with van der Waals surface area (Å²) >= 11 is 0. The van der Waals surface area contributed by atoms with Gasteiger partial charge in [-0.1, -0.05) is 36.4 Å². The third-order valence-electron chi connectivity index (χ3n) is 5.36. The summed E-state index contributed by atoms with van der Waals surface area (Å²) in [6.45, 7) is 0. The molecule has 0 spiro atoms. The number of aromatic amines is 1. The summed E-state index contributed by atoms with van der Waals surface area (Å²) in [5.41, 5.74) is 6.07. The van der Waals surface area contributed by atoms with E-state index in [4.69, 9.17) is 4.98 Å². The molecule has 6 rings (SSSR count). The molecule has 30 heavy (non-hydrogen) atoms. The van der Waals surface area contributed by atoms with Crippen LogP contribution >= 0.6 is 0 Å². The highest BCUT2D eigenvalue weighted by Crippen LogP contribution is 2.40. The molecule has 146 valence electrons. The lowest BCUT2D eigenvalue weighted by molar-refractivity contribution is 0.881. The van der Waals surface area contributed by atoms with Gasteiger partial charge < -0.3 is 5.32 Å². The van der Waals surface area contributed by atoms with E-state index in [-0.39, 0.29) is 0 Å². The molecule has 1 fully saturated rings. The van der Waals surface area contributed by atoms with Crippen molar-refractivity contribution in [3.8, 4) is 22.5 Å². The van der Waals surface area contributed by atoms with Crippen LogP contribution in [0, 0.1) is 0 Å². The van der Waals surface area contributed by atoms with Gasteiger partial charge in [0.2, 0.25) is 5.82 Å². The standard InChI is InChI=1S/C22H18N8/c1-2-4-18(22-26-28-29-27-22)17(3-1)14-7-9-16(10-8-14)24-21-13-19(15-5-6-15)25-20-11-12-23-30(20)21/h1-4,7-13,15,24H,5-6H2,(H,26,27,28,29). The molecule has 3 heterocycles. The van der Waals surface area contributed by atoms with E-state index in [0.29, 0.717) is 11.7 Å². The first-order valence-electron chi connectivity index (χ1n) is 9.90. The maximum Gasteiger partial charge on any atom is 0.205 e. The molecule has 0 bridgehead atoms. The Morgan fingerprint density at radius 1 is 0.967 bits per heavy atom. The summed E-state index contributed by atoms with van der Waals surface area (Å²) in [5.74, 6) is 2.08. The number of hydrogen-bond donors (Lipinski definition) is 2. The van der Waals surface area contributed by atoms with Gasteiger partial charge in [0.05, 0.1) is 6.20 Å². The van der Waals surface area contributed by atoms with E-state index < -0.39 is 0 Å². The fourth-order valence-corrected chi connectivity index (χ4v) is 3.70. The number of nitrogens with zero attached hydrogens (tertiary/aromatic N) is 6. The largest absolute Gasteiger partial charge is 0.340 e. The molecule has 0 aliphatic heterocycles. The summed E-state index contributed by atoms with van der Waals surface area (Å²) in [4.78, 5) is 4.73. The molecule has 0 saturated heterocycles. The third-order valence-corrected chi connectivity index (χ3v) is 5.36. The van der Waals surface area contributed by atoms with Crippen LogP contribution in [0.1, 0.15) is 24.5 Å². The molecule has 2 aromatic carbocycles. The maximum absolute atomic E-state index is 4.73. The van der Waals surface area contributed by atoms with Crippen LogP contribution in [0.5, 0.6) is 0 Å². The molecular weight excluding hydrogens is 376 g/mol. The highest BCUT2D eigenvalue weighted by Gasteiger charge is 2.26. The van der Waals surface area contributed by atoms with Crippen molar-refractivity contribution < 1.29 is 0 Å². The zero-order valence-electron chi connectivity index (χ0n) is 16.0. The fraction of sp³-hybridized carbons (Fsp3) is 0.136. The van der Waals surface area contributed by atoms with Crippen LogP contribution in [-0.4, -0.2) is 35.2 Å². The Hall–Kier alpha value is -4.07. The summed E-state index contributed by atoms with van der Waals surface area (Å²) in [5, 5.41) is 22.3. The number of H-pyrrole nitrogens is 1. The normalized spacial score (nSPS) is 13.6. The van der Waals surface area contributed by atoms with Gasteiger partial charge in [-0.3, -0.25) is 0 Å². The van der Waals surface area contributed by atoms with Crippen molar-refractivity contribution in [3.63, 3.8) is 0 Å². The molecule has 5 aromatic rings. The number of fused-ring (bicyclic) bond motifs is 1. The van der Waals surface area contributed by atoms with Crippen LogP contribution in [0.4, 0.5) is 11.5 Å². The van der Waals surface area contributed by atoms with Crippen molar-refractivity contribution in [1.82, 2.24) is 35.2 Å². The lowest BCUT2D eigenvalue weighted by Crippen LogP contribution is -2.03. The van der Waals surface area contributed by atoms with Crippen molar-refractivity contribution in [1.29, 1.82) is 0 Å². The van der Waals surface area contributed by atoms with E-state index in [9.17, 15) is 0 Å². The first-order chi connectivity index (χ1) is 14.8. The average Bonchev–Trinajstić information content (AvgIpc) is 3.28. The van der Waals surface area contributed by atoms with Gasteiger partial charge in [0.15, 0.2) is 5.65 Å². The average molecular weight is 394 g/mol. The van der Waals surface area contributed by atoms with Crippen molar-refractivity contribution in [2.45, 2.75) is 18.8 Å². The summed E-state index contributed by atoms with van der Waals surface area (Å²) in [6.07, 6.45) is 4.21. The molecule has 1 aliphatic rings. The molecule has 3 aromatic heterocycles. The molecule has 0 amide bonds. The minimum atomic E-state index is 0.578. The van der Waals surface area contributed by atoms with Gasteiger partial charge in [-0.05, 0) is 41.3 Å². The predicted molar refractivity (Wildman–Crippen MR) is 113 cm³/mol. The molecule has 8 nitrogen and oxygen atoms in total. The molecule has 8 heteroatoms. The van der Waals surface area contributed by atoms with Crippen molar-refractivity contribution in [2.24, 2.45) is 0 Å². The number of hydrogen-bond acceptors (Lipinski definition) is 6. The Kier molecular flexibility index (Phi) is 3.80. The Balaban J connectivity index is 1.33. The van der Waals surface area contributed by atoms with Crippen LogP contribution < -0.4 is 5.32 Å². The Morgan fingerprint density at radius 3 is 2.57 bits per heavy atom. The number of benzene rings is 2. The molecule has 1 aliphatic carbocycles. The fourth-order valence-electron chi connectivity index (χ4n) is 3.70. The summed E-state index contributed by atoms with van der Waals surface area (Å²) in [6, 6.07) is 20.4. The van der Waals surface area contributed by atoms with Gasteiger partial charge in [0, 0.05) is 35.0 Å². The smallest absolute Gasteiger partial charge is 0.205 e. The van der Waals surface area contributed by atoms with E-state index >= 15 is 0 Å². The lowest BCUT2D eigenvalue weighted by Gasteiger charge is -2.12. The molecule has 0 unspecified atom stereocenters. The van der Waals surface area contributed by atoms with E-state index in [1.54, 1.807) is 6.20 Å². The predicted octanol–water partition coefficient (Wildman–Crippen LogP) is 4.20. The maximum atomic E-state index is 4.73. The first kappa shape index (κ1) is 16.8. The first-order valence-corrected chi connectivity index (χ1v) is 9.90. The van der Waals surface area contributed by atoms with E-state index in [1.807, 2.05) is 28.8 Å². The third kappa shape index (κ3) is 2.98. The quantitative estimate of drug-likeness (QED) is 0.464. The van der Waals surface area contributed by atoms with Crippen LogP contribution in [0.25, 0.3) is 28.2 Å². The van der Waals surface area contributed by atoms with Gasteiger partial charge in [-0.2, -0.15) is 14.8 Å². The molecule has 2 N–H and O–H groups in total. The number of aromatic nitrogens is 7. The molecular formula is C22H18N8. The van der Waals surface area contributed by atoms with E-state index in [0.717, 1.165) is 39.5 Å². The Bertz CT molecular complexity index is 1320. The minimum Gasteiger partial charge on any atom is -0.340 e. The van der Waals surface area contributed by atoms with Crippen LogP contribution in [0.2, 0.25) is 0 Å². The van der Waals surface area contributed by atoms with Crippen molar-refractivity contribution in [3.05, 3.63) is 72.6 Å². The monoisotopic (exact) mass is 394 g/mol. The highest BCUT2D eigenvalue weighted by molar-refractivity contribution is 5.81. The van der Waals surface area contributed by atoms with Gasteiger partial charge in [0.1, 0.15) is 5.82 Å². The van der Waals surface area contributed by atoms with Crippen molar-refractivity contribution in [2.75, 3.05) is 5.32 Å². The van der Waals surface area contributed by atoms with E-state index in [2.05, 4.69) is 67.4 Å². The number of tetrazole rings is 1. The van der Waals surface area contributed by atoms with Gasteiger partial charge in [-0.15, -0.1) is 10.2 Å². The topological polar surface area (TPSA) is 96.7 Å². The lowest BCUT2D eigenvalue weighted by atomic mass is 9.99. The van der Waals surface area contributed by atoms with Gasteiger partial charge in [0.25, 0.3) is 0 Å². The Morgan fingerprint density at radius 2 is 1.80 bits per heavy atom. The number of nitrogens with one attached hydrogen (secondary N) is 2. The minimum absolute atomic E-state index is 0.578. The van der Waals surface area contributed by atoms with Crippen LogP contribution in [0.3, 0.4) is 0 Å². The molecule has 0 radical (unpaired) electrons. The second-order valence-corrected chi connectivity index (χ2v) is 7.43. The van der Waals surface area contributed by atoms with Crippen molar-refractivity contribution >= 4 is 17.2 Å². The van der Waals surface area contributed by atoms with E-state index in [1.165, 1.54) is 12.8 Å². The molecule has 0 atom stereocenters.